The molecule has 0 aliphatic rings. The van der Waals surface area contributed by atoms with Gasteiger partial charge in [0.25, 0.3) is 0 Å². The molecule has 0 heterocycles. The molecular formula is C44H62CaO4. The molecule has 0 saturated carbocycles. The topological polar surface area (TPSA) is 80.3 Å². The van der Waals surface area contributed by atoms with Gasteiger partial charge in [0, 0.05) is 0 Å². The molecule has 0 aromatic rings. The van der Waals surface area contributed by atoms with Crippen molar-refractivity contribution in [1.29, 1.82) is 0 Å². The van der Waals surface area contributed by atoms with Gasteiger partial charge in [-0.15, -0.1) is 0 Å². The molecule has 0 N–H and O–H groups in total. The van der Waals surface area contributed by atoms with Crippen molar-refractivity contribution in [3.63, 3.8) is 0 Å². The maximum absolute atomic E-state index is 10.1. The molecule has 0 aromatic heterocycles. The Morgan fingerprint density at radius 2 is 0.571 bits per heavy atom. The fraction of sp³-hybridized carbons (Fsp3) is 0.409. The van der Waals surface area contributed by atoms with E-state index < -0.39 is 11.9 Å². The van der Waals surface area contributed by atoms with E-state index in [1.165, 1.54) is 102 Å². The van der Waals surface area contributed by atoms with Crippen LogP contribution < -0.4 is 10.2 Å². The van der Waals surface area contributed by atoms with Crippen molar-refractivity contribution in [3.05, 3.63) is 146 Å². The van der Waals surface area contributed by atoms with Gasteiger partial charge in [-0.05, 0) is 37.8 Å². The first-order valence-corrected chi connectivity index (χ1v) is 18.0. The van der Waals surface area contributed by atoms with Crippen LogP contribution in [0.1, 0.15) is 117 Å². The number of carboxylic acid groups (broad SMARTS) is 2. The van der Waals surface area contributed by atoms with Crippen molar-refractivity contribution in [3.8, 4) is 0 Å². The molecule has 0 unspecified atom stereocenters. The minimum atomic E-state index is -1.19. The first-order chi connectivity index (χ1) is 23.5. The minimum absolute atomic E-state index is 0. The van der Waals surface area contributed by atoms with Gasteiger partial charge in [-0.1, -0.05) is 225 Å². The van der Waals surface area contributed by atoms with E-state index in [2.05, 4.69) is 38.2 Å². The molecule has 0 aliphatic carbocycles. The van der Waals surface area contributed by atoms with Crippen molar-refractivity contribution < 1.29 is 19.8 Å². The zero-order valence-electron chi connectivity index (χ0n) is 30.5. The van der Waals surface area contributed by atoms with Gasteiger partial charge in [-0.25, -0.2) is 0 Å². The molecule has 0 saturated heterocycles. The number of carbonyl (C=O) groups excluding carboxylic acids is 2. The first kappa shape index (κ1) is 50.5. The number of allylic oxidation sites excluding steroid dienone is 22. The van der Waals surface area contributed by atoms with E-state index in [4.69, 9.17) is 0 Å². The maximum Gasteiger partial charge on any atom is 2.00 e. The second-order valence-corrected chi connectivity index (χ2v) is 11.1. The minimum Gasteiger partial charge on any atom is -0.545 e. The normalized spacial score (nSPS) is 12.8. The Hall–Kier alpha value is -2.92. The average Bonchev–Trinajstić information content (AvgIpc) is 3.07. The first-order valence-electron chi connectivity index (χ1n) is 18.0. The number of aliphatic carboxylic acids is 2. The summed E-state index contributed by atoms with van der Waals surface area (Å²) < 4.78 is 0. The maximum atomic E-state index is 10.1. The summed E-state index contributed by atoms with van der Waals surface area (Å²) in [7, 11) is 0. The molecule has 0 bridgehead atoms. The Balaban J connectivity index is -0.000000846. The number of carboxylic acids is 2. The molecule has 0 aliphatic heterocycles. The molecule has 0 aromatic carbocycles. The SMILES string of the molecule is CCCCCCCCCC=CC=CC=CC=CC=CC=CC(=O)[O-].CCCCCCCCCC=CC=CC=CC=CC=CC=CC(=O)[O-].[Ca+2]. The molecule has 0 amide bonds. The molecular weight excluding hydrogens is 633 g/mol. The summed E-state index contributed by atoms with van der Waals surface area (Å²) in [6.07, 6.45) is 64.8. The van der Waals surface area contributed by atoms with Crippen molar-refractivity contribution in [2.75, 3.05) is 0 Å². The predicted octanol–water partition coefficient (Wildman–Crippen LogP) is 10.0. The fourth-order valence-corrected chi connectivity index (χ4v) is 4.08. The van der Waals surface area contributed by atoms with Crippen LogP contribution in [0.25, 0.3) is 0 Å². The van der Waals surface area contributed by atoms with Crippen LogP contribution in [0.3, 0.4) is 0 Å². The number of carbonyl (C=O) groups is 2. The summed E-state index contributed by atoms with van der Waals surface area (Å²) in [6, 6.07) is 0. The van der Waals surface area contributed by atoms with E-state index in [9.17, 15) is 19.8 Å². The van der Waals surface area contributed by atoms with Gasteiger partial charge in [0.1, 0.15) is 0 Å². The van der Waals surface area contributed by atoms with Crippen molar-refractivity contribution in [2.24, 2.45) is 0 Å². The van der Waals surface area contributed by atoms with Crippen molar-refractivity contribution in [2.45, 2.75) is 117 Å². The average molecular weight is 695 g/mol. The van der Waals surface area contributed by atoms with E-state index in [-0.39, 0.29) is 37.7 Å². The standard InChI is InChI=1S/2C22H32O2.Ca/c2*1-2-3-4-5-6-7-8-9-10-11-12-13-14-15-16-17-18-19-20-21-22(23)24;/h2*10-21H,2-9H2,1H3,(H,23,24);/q;;+2/p-2. The van der Waals surface area contributed by atoms with Gasteiger partial charge < -0.3 is 19.8 Å². The van der Waals surface area contributed by atoms with Crippen LogP contribution >= 0.6 is 0 Å². The molecule has 0 fully saturated rings. The number of hydrogen-bond acceptors (Lipinski definition) is 4. The molecule has 0 spiro atoms. The molecule has 0 radical (unpaired) electrons. The van der Waals surface area contributed by atoms with Crippen molar-refractivity contribution >= 4 is 49.7 Å². The van der Waals surface area contributed by atoms with E-state index in [0.29, 0.717) is 0 Å². The monoisotopic (exact) mass is 694 g/mol. The van der Waals surface area contributed by atoms with Gasteiger partial charge in [-0.2, -0.15) is 0 Å². The predicted molar refractivity (Wildman–Crippen MR) is 211 cm³/mol. The Labute approximate surface area is 329 Å². The van der Waals surface area contributed by atoms with Crippen LogP contribution in [0, 0.1) is 0 Å². The molecule has 0 atom stereocenters. The van der Waals surface area contributed by atoms with E-state index >= 15 is 0 Å². The van der Waals surface area contributed by atoms with Gasteiger partial charge >= 0.3 is 37.7 Å². The summed E-state index contributed by atoms with van der Waals surface area (Å²) in [5.41, 5.74) is 0. The third-order valence-corrected chi connectivity index (χ3v) is 6.69. The molecule has 264 valence electrons. The second-order valence-electron chi connectivity index (χ2n) is 11.1. The van der Waals surface area contributed by atoms with Crippen LogP contribution in [0.4, 0.5) is 0 Å². The summed E-state index contributed by atoms with van der Waals surface area (Å²) >= 11 is 0. The Morgan fingerprint density at radius 1 is 0.347 bits per heavy atom. The van der Waals surface area contributed by atoms with Crippen LogP contribution in [0.2, 0.25) is 0 Å². The molecule has 5 heteroatoms. The third-order valence-electron chi connectivity index (χ3n) is 6.69. The fourth-order valence-electron chi connectivity index (χ4n) is 4.08. The number of unbranched alkanes of at least 4 members (excludes halogenated alkanes) is 14. The van der Waals surface area contributed by atoms with Gasteiger partial charge in [0.2, 0.25) is 0 Å². The van der Waals surface area contributed by atoms with Gasteiger partial charge in [0.05, 0.1) is 11.9 Å². The van der Waals surface area contributed by atoms with E-state index in [1.807, 2.05) is 72.9 Å². The quantitative estimate of drug-likeness (QED) is 0.0353. The third kappa shape index (κ3) is 54.8. The summed E-state index contributed by atoms with van der Waals surface area (Å²) in [6.45, 7) is 4.50. The zero-order valence-corrected chi connectivity index (χ0v) is 32.7. The van der Waals surface area contributed by atoms with Gasteiger partial charge in [0.15, 0.2) is 0 Å². The van der Waals surface area contributed by atoms with Crippen LogP contribution in [0.5, 0.6) is 0 Å². The van der Waals surface area contributed by atoms with Crippen molar-refractivity contribution in [1.82, 2.24) is 0 Å². The zero-order chi connectivity index (χ0) is 35.4. The Bertz CT molecular complexity index is 1020. The molecule has 49 heavy (non-hydrogen) atoms. The van der Waals surface area contributed by atoms with Crippen LogP contribution in [0.15, 0.2) is 146 Å². The smallest absolute Gasteiger partial charge is 0.545 e. The summed E-state index contributed by atoms with van der Waals surface area (Å²) in [4.78, 5) is 20.2. The Morgan fingerprint density at radius 3 is 0.837 bits per heavy atom. The van der Waals surface area contributed by atoms with Crippen LogP contribution in [-0.2, 0) is 9.59 Å². The molecule has 0 rings (SSSR count). The largest absolute Gasteiger partial charge is 2.00 e. The number of rotatable bonds is 28. The molecule has 4 nitrogen and oxygen atoms in total. The number of hydrogen-bond donors (Lipinski definition) is 0. The second kappa shape index (κ2) is 47.2. The van der Waals surface area contributed by atoms with E-state index in [0.717, 1.165) is 25.0 Å². The summed E-state index contributed by atoms with van der Waals surface area (Å²) in [5, 5.41) is 20.2. The summed E-state index contributed by atoms with van der Waals surface area (Å²) in [5.74, 6) is -2.37. The Kier molecular flexibility index (Phi) is 48.6. The van der Waals surface area contributed by atoms with Gasteiger partial charge in [-0.3, -0.25) is 0 Å². The van der Waals surface area contributed by atoms with E-state index in [1.54, 1.807) is 24.3 Å². The van der Waals surface area contributed by atoms with Crippen LogP contribution in [-0.4, -0.2) is 49.7 Å².